The van der Waals surface area contributed by atoms with E-state index in [2.05, 4.69) is 4.99 Å². The van der Waals surface area contributed by atoms with Crippen LogP contribution in [0.1, 0.15) is 6.92 Å². The first-order valence-electron chi connectivity index (χ1n) is 3.10. The first-order chi connectivity index (χ1) is 5.04. The summed E-state index contributed by atoms with van der Waals surface area (Å²) in [7, 11) is 0. The minimum Gasteiger partial charge on any atom is -0.509 e. The Morgan fingerprint density at radius 1 is 1.73 bits per heavy atom. The highest BCUT2D eigenvalue weighted by atomic mass is 16.3. The lowest BCUT2D eigenvalue weighted by molar-refractivity contribution is -0.114. The van der Waals surface area contributed by atoms with E-state index in [9.17, 15) is 9.90 Å². The van der Waals surface area contributed by atoms with E-state index in [1.54, 1.807) is 6.92 Å². The number of amidine groups is 1. The van der Waals surface area contributed by atoms with Gasteiger partial charge >= 0.3 is 0 Å². The Morgan fingerprint density at radius 3 is 2.45 bits per heavy atom. The first kappa shape index (κ1) is 7.59. The second-order valence-corrected chi connectivity index (χ2v) is 2.31. The average Bonchev–Trinajstić information content (AvgIpc) is 2.07. The lowest BCUT2D eigenvalue weighted by Gasteiger charge is -1.98. The average molecular weight is 155 g/mol. The van der Waals surface area contributed by atoms with E-state index >= 15 is 0 Å². The van der Waals surface area contributed by atoms with Gasteiger partial charge in [-0.25, -0.2) is 0 Å². The Labute approximate surface area is 63.4 Å². The van der Waals surface area contributed by atoms with Gasteiger partial charge in [-0.15, -0.1) is 0 Å². The third-order valence-electron chi connectivity index (χ3n) is 1.49. The second kappa shape index (κ2) is 2.26. The van der Waals surface area contributed by atoms with Crippen LogP contribution in [-0.4, -0.2) is 22.9 Å². The third-order valence-corrected chi connectivity index (χ3v) is 1.49. The molecule has 1 aliphatic rings. The molecule has 1 amide bonds. The van der Waals surface area contributed by atoms with Crippen LogP contribution in [0.5, 0.6) is 0 Å². The molecule has 0 aromatic carbocycles. The predicted octanol–water partition coefficient (Wildman–Crippen LogP) is -0.957. The number of primary amides is 1. The molecule has 1 rings (SSSR count). The summed E-state index contributed by atoms with van der Waals surface area (Å²) < 4.78 is 0. The summed E-state index contributed by atoms with van der Waals surface area (Å²) in [5.41, 5.74) is 10.2. The summed E-state index contributed by atoms with van der Waals surface area (Å²) in [6, 6.07) is -0.447. The highest BCUT2D eigenvalue weighted by molar-refractivity contribution is 6.21. The SMILES string of the molecule is C[C@H]1N=C(N)C(C(N)=O)=C1O. The minimum atomic E-state index is -0.742. The molecule has 11 heavy (non-hydrogen) atoms. The molecular formula is C6H9N3O2. The number of rotatable bonds is 1. The maximum atomic E-state index is 10.6. The number of aliphatic imine (C=N–C) groups is 1. The van der Waals surface area contributed by atoms with Crippen molar-refractivity contribution >= 4 is 11.7 Å². The highest BCUT2D eigenvalue weighted by Crippen LogP contribution is 2.16. The quantitative estimate of drug-likeness (QED) is 0.454. The van der Waals surface area contributed by atoms with Crippen LogP contribution in [0.3, 0.4) is 0 Å². The zero-order valence-electron chi connectivity index (χ0n) is 6.03. The molecule has 5 heteroatoms. The molecule has 0 radical (unpaired) electrons. The molecule has 5 nitrogen and oxygen atoms in total. The maximum Gasteiger partial charge on any atom is 0.255 e. The molecule has 5 N–H and O–H groups in total. The summed E-state index contributed by atoms with van der Waals surface area (Å²) in [5, 5.41) is 9.18. The van der Waals surface area contributed by atoms with E-state index in [0.29, 0.717) is 0 Å². The zero-order valence-corrected chi connectivity index (χ0v) is 6.03. The molecule has 0 bridgehead atoms. The van der Waals surface area contributed by atoms with Crippen molar-refractivity contribution in [1.29, 1.82) is 0 Å². The van der Waals surface area contributed by atoms with Crippen LogP contribution in [0.15, 0.2) is 16.3 Å². The van der Waals surface area contributed by atoms with Gasteiger partial charge < -0.3 is 16.6 Å². The van der Waals surface area contributed by atoms with Gasteiger partial charge in [0, 0.05) is 0 Å². The standard InChI is InChI=1S/C6H9N3O2/c1-2-4(10)3(6(8)11)5(7)9-2/h2,10H,1H3,(H2,7,9)(H2,8,11)/t2-/m1/s1. The lowest BCUT2D eigenvalue weighted by Crippen LogP contribution is -2.25. The third kappa shape index (κ3) is 1.04. The number of nitrogens with zero attached hydrogens (tertiary/aromatic N) is 1. The van der Waals surface area contributed by atoms with Crippen molar-refractivity contribution < 1.29 is 9.90 Å². The van der Waals surface area contributed by atoms with Gasteiger partial charge in [-0.05, 0) is 6.92 Å². The highest BCUT2D eigenvalue weighted by Gasteiger charge is 2.26. The van der Waals surface area contributed by atoms with Gasteiger partial charge in [0.05, 0.1) is 0 Å². The summed E-state index contributed by atoms with van der Waals surface area (Å²) in [6.45, 7) is 1.62. The Bertz CT molecular complexity index is 267. The first-order valence-corrected chi connectivity index (χ1v) is 3.10. The van der Waals surface area contributed by atoms with Crippen LogP contribution in [-0.2, 0) is 4.79 Å². The van der Waals surface area contributed by atoms with Gasteiger partial charge in [0.2, 0.25) is 0 Å². The van der Waals surface area contributed by atoms with E-state index in [-0.39, 0.29) is 17.2 Å². The molecule has 0 unspecified atom stereocenters. The van der Waals surface area contributed by atoms with Crippen molar-refractivity contribution in [2.75, 3.05) is 0 Å². The molecular weight excluding hydrogens is 146 g/mol. The molecule has 0 saturated heterocycles. The molecule has 1 aliphatic heterocycles. The van der Waals surface area contributed by atoms with Crippen molar-refractivity contribution in [3.63, 3.8) is 0 Å². The fourth-order valence-corrected chi connectivity index (χ4v) is 0.927. The monoisotopic (exact) mass is 155 g/mol. The predicted molar refractivity (Wildman–Crippen MR) is 39.9 cm³/mol. The zero-order chi connectivity index (χ0) is 8.59. The fourth-order valence-electron chi connectivity index (χ4n) is 0.927. The van der Waals surface area contributed by atoms with Gasteiger partial charge in [0.15, 0.2) is 0 Å². The Morgan fingerprint density at radius 2 is 2.27 bits per heavy atom. The van der Waals surface area contributed by atoms with E-state index in [4.69, 9.17) is 11.5 Å². The van der Waals surface area contributed by atoms with Gasteiger partial charge in [-0.2, -0.15) is 0 Å². The van der Waals surface area contributed by atoms with Gasteiger partial charge in [-0.1, -0.05) is 0 Å². The Hall–Kier alpha value is -1.52. The molecule has 0 fully saturated rings. The normalized spacial score (nSPS) is 23.7. The number of aliphatic hydroxyl groups is 1. The summed E-state index contributed by atoms with van der Waals surface area (Å²) >= 11 is 0. The Balaban J connectivity index is 3.10. The van der Waals surface area contributed by atoms with Crippen LogP contribution in [0.2, 0.25) is 0 Å². The number of hydrogen-bond donors (Lipinski definition) is 3. The summed E-state index contributed by atoms with van der Waals surface area (Å²) in [5.74, 6) is -0.870. The van der Waals surface area contributed by atoms with Crippen LogP contribution >= 0.6 is 0 Å². The van der Waals surface area contributed by atoms with Crippen LogP contribution in [0.4, 0.5) is 0 Å². The molecule has 0 aromatic heterocycles. The molecule has 1 atom stereocenters. The molecule has 0 aliphatic carbocycles. The number of carbonyl (C=O) groups is 1. The van der Waals surface area contributed by atoms with Crippen molar-refractivity contribution in [2.24, 2.45) is 16.5 Å². The van der Waals surface area contributed by atoms with Crippen molar-refractivity contribution in [3.8, 4) is 0 Å². The molecule has 0 aromatic rings. The van der Waals surface area contributed by atoms with Crippen molar-refractivity contribution in [2.45, 2.75) is 13.0 Å². The summed E-state index contributed by atoms with van der Waals surface area (Å²) in [6.07, 6.45) is 0. The van der Waals surface area contributed by atoms with Crippen molar-refractivity contribution in [3.05, 3.63) is 11.3 Å². The van der Waals surface area contributed by atoms with E-state index in [1.165, 1.54) is 0 Å². The lowest BCUT2D eigenvalue weighted by atomic mass is 10.2. The number of aliphatic hydroxyl groups excluding tert-OH is 1. The Kier molecular flexibility index (Phi) is 1.56. The van der Waals surface area contributed by atoms with Gasteiger partial charge in [-0.3, -0.25) is 9.79 Å². The summed E-state index contributed by atoms with van der Waals surface area (Å²) in [4.78, 5) is 14.4. The molecule has 0 spiro atoms. The molecule has 1 heterocycles. The van der Waals surface area contributed by atoms with Gasteiger partial charge in [0.25, 0.3) is 5.91 Å². The number of amides is 1. The second-order valence-electron chi connectivity index (χ2n) is 2.31. The van der Waals surface area contributed by atoms with Crippen molar-refractivity contribution in [1.82, 2.24) is 0 Å². The fraction of sp³-hybridized carbons (Fsp3) is 0.333. The van der Waals surface area contributed by atoms with Gasteiger partial charge in [0.1, 0.15) is 23.2 Å². The van der Waals surface area contributed by atoms with Crippen LogP contribution < -0.4 is 11.5 Å². The largest absolute Gasteiger partial charge is 0.509 e. The van der Waals surface area contributed by atoms with E-state index in [1.807, 2.05) is 0 Å². The van der Waals surface area contributed by atoms with E-state index < -0.39 is 11.9 Å². The number of nitrogens with two attached hydrogens (primary N) is 2. The van der Waals surface area contributed by atoms with Crippen LogP contribution in [0.25, 0.3) is 0 Å². The minimum absolute atomic E-state index is 0.0162. The molecule has 0 saturated carbocycles. The molecule has 60 valence electrons. The number of carbonyl (C=O) groups excluding carboxylic acids is 1. The smallest absolute Gasteiger partial charge is 0.255 e. The van der Waals surface area contributed by atoms with E-state index in [0.717, 1.165) is 0 Å². The number of hydrogen-bond acceptors (Lipinski definition) is 4. The maximum absolute atomic E-state index is 10.6. The van der Waals surface area contributed by atoms with Crippen LogP contribution in [0, 0.1) is 0 Å². The topological polar surface area (TPSA) is 102 Å².